The summed E-state index contributed by atoms with van der Waals surface area (Å²) in [6, 6.07) is -0.0801. The lowest BCUT2D eigenvalue weighted by atomic mass is 9.44. The highest BCUT2D eigenvalue weighted by Gasteiger charge is 2.61. The number of carbonyl (C=O) groups excluding carboxylic acids is 3. The minimum atomic E-state index is -0.606. The molecule has 8 heteroatoms. The van der Waals surface area contributed by atoms with Crippen LogP contribution in [-0.2, 0) is 19.0 Å². The molecule has 4 saturated carbocycles. The predicted octanol–water partition coefficient (Wildman–Crippen LogP) is 6.72. The molecule has 1 N–H and O–H groups in total. The summed E-state index contributed by atoms with van der Waals surface area (Å²) in [7, 11) is 1.48. The maximum absolute atomic E-state index is 12.8. The van der Waals surface area contributed by atoms with Crippen molar-refractivity contribution in [2.75, 3.05) is 20.3 Å². The second kappa shape index (κ2) is 12.3. The molecule has 0 aromatic carbocycles. The van der Waals surface area contributed by atoms with Crippen LogP contribution in [-0.4, -0.2) is 49.5 Å². The van der Waals surface area contributed by atoms with Crippen molar-refractivity contribution in [3.63, 3.8) is 0 Å². The van der Waals surface area contributed by atoms with Crippen molar-refractivity contribution in [3.8, 4) is 0 Å². The SMILES string of the molecule is CCOC(=O)NN(C(=O)OCC)[C@H]1CC[C@@]2(C)[C@H](CC[C@@H]3[C@@H]2CC[C@]2(C)[C@@H]([C@H](C)CCC(=O)OC)CC[C@@H]32)C1. The van der Waals surface area contributed by atoms with Crippen LogP contribution in [0.3, 0.4) is 0 Å². The maximum atomic E-state index is 12.8. The van der Waals surface area contributed by atoms with Gasteiger partial charge in [-0.15, -0.1) is 0 Å². The van der Waals surface area contributed by atoms with Crippen molar-refractivity contribution < 1.29 is 28.6 Å². The summed E-state index contributed by atoms with van der Waals surface area (Å²) in [5, 5.41) is 1.41. The number of hydrogen-bond acceptors (Lipinski definition) is 6. The van der Waals surface area contributed by atoms with E-state index in [-0.39, 0.29) is 30.6 Å². The maximum Gasteiger partial charge on any atom is 0.429 e. The van der Waals surface area contributed by atoms with E-state index in [9.17, 15) is 14.4 Å². The van der Waals surface area contributed by atoms with E-state index in [1.54, 1.807) is 13.8 Å². The van der Waals surface area contributed by atoms with Gasteiger partial charge in [-0.3, -0.25) is 4.79 Å². The smallest absolute Gasteiger partial charge is 0.429 e. The van der Waals surface area contributed by atoms with Gasteiger partial charge in [0, 0.05) is 6.42 Å². The molecular weight excluding hydrogens is 496 g/mol. The largest absolute Gasteiger partial charge is 0.469 e. The van der Waals surface area contributed by atoms with E-state index in [4.69, 9.17) is 14.2 Å². The van der Waals surface area contributed by atoms with E-state index < -0.39 is 12.2 Å². The molecule has 0 radical (unpaired) electrons. The molecule has 222 valence electrons. The molecule has 0 heterocycles. The number of carbonyl (C=O) groups is 3. The van der Waals surface area contributed by atoms with Crippen LogP contribution in [0.2, 0.25) is 0 Å². The van der Waals surface area contributed by atoms with Gasteiger partial charge in [-0.05, 0) is 124 Å². The first kappa shape index (κ1) is 30.0. The van der Waals surface area contributed by atoms with Gasteiger partial charge in [-0.2, -0.15) is 0 Å². The molecule has 8 nitrogen and oxygen atoms in total. The standard InChI is InChI=1S/C31H52N2O6/c1-7-38-28(35)32-33(29(36)39-8-2)22-15-17-30(4)21(19-22)10-11-23-25-13-12-24(20(3)9-14-27(34)37-6)31(25,5)18-16-26(23)30/h20-26H,7-19H2,1-6H3,(H,32,35)/t20-,21-,22+,23+,24-,25+,26+,30+,31-/m1/s1. The predicted molar refractivity (Wildman–Crippen MR) is 148 cm³/mol. The highest BCUT2D eigenvalue weighted by atomic mass is 16.6. The van der Waals surface area contributed by atoms with Crippen LogP contribution >= 0.6 is 0 Å². The molecule has 0 spiro atoms. The van der Waals surface area contributed by atoms with Gasteiger partial charge >= 0.3 is 18.2 Å². The molecule has 0 aromatic rings. The van der Waals surface area contributed by atoms with Gasteiger partial charge < -0.3 is 14.2 Å². The Labute approximate surface area is 235 Å². The van der Waals surface area contributed by atoms with Crippen molar-refractivity contribution in [2.24, 2.45) is 46.3 Å². The first-order valence-electron chi connectivity index (χ1n) is 15.5. The third kappa shape index (κ3) is 5.76. The van der Waals surface area contributed by atoms with Crippen LogP contribution in [0.15, 0.2) is 0 Å². The molecule has 4 aliphatic carbocycles. The zero-order chi connectivity index (χ0) is 28.4. The zero-order valence-electron chi connectivity index (χ0n) is 25.1. The lowest BCUT2D eigenvalue weighted by Gasteiger charge is -2.61. The second-order valence-corrected chi connectivity index (χ2v) is 13.3. The van der Waals surface area contributed by atoms with Crippen molar-refractivity contribution in [3.05, 3.63) is 0 Å². The Morgan fingerprint density at radius 1 is 0.923 bits per heavy atom. The summed E-state index contributed by atoms with van der Waals surface area (Å²) < 4.78 is 15.3. The minimum absolute atomic E-state index is 0.0801. The van der Waals surface area contributed by atoms with E-state index >= 15 is 0 Å². The molecule has 4 fully saturated rings. The van der Waals surface area contributed by atoms with Crippen molar-refractivity contribution in [1.82, 2.24) is 10.4 Å². The minimum Gasteiger partial charge on any atom is -0.469 e. The Bertz CT molecular complexity index is 896. The summed E-state index contributed by atoms with van der Waals surface area (Å²) in [4.78, 5) is 36.8. The van der Waals surface area contributed by atoms with Crippen molar-refractivity contribution in [1.29, 1.82) is 0 Å². The van der Waals surface area contributed by atoms with E-state index in [0.29, 0.717) is 35.5 Å². The van der Waals surface area contributed by atoms with Gasteiger partial charge in [-0.25, -0.2) is 20.0 Å². The number of esters is 1. The van der Waals surface area contributed by atoms with Gasteiger partial charge in [-0.1, -0.05) is 20.8 Å². The fourth-order valence-corrected chi connectivity index (χ4v) is 9.83. The van der Waals surface area contributed by atoms with Gasteiger partial charge in [0.1, 0.15) is 0 Å². The van der Waals surface area contributed by atoms with Crippen molar-refractivity contribution >= 4 is 18.2 Å². The summed E-state index contributed by atoms with van der Waals surface area (Å²) in [6.07, 6.45) is 10.7. The lowest BCUT2D eigenvalue weighted by Crippen LogP contribution is -2.58. The first-order chi connectivity index (χ1) is 18.6. The highest BCUT2D eigenvalue weighted by Crippen LogP contribution is 2.68. The molecule has 0 unspecified atom stereocenters. The van der Waals surface area contributed by atoms with Gasteiger partial charge in [0.2, 0.25) is 0 Å². The molecule has 9 atom stereocenters. The number of nitrogens with zero attached hydrogens (tertiary/aromatic N) is 1. The molecule has 0 aromatic heterocycles. The molecular formula is C31H52N2O6. The average molecular weight is 549 g/mol. The summed E-state index contributed by atoms with van der Waals surface area (Å²) in [5.41, 5.74) is 3.30. The molecule has 4 rings (SSSR count). The summed E-state index contributed by atoms with van der Waals surface area (Å²) >= 11 is 0. The molecule has 39 heavy (non-hydrogen) atoms. The monoisotopic (exact) mass is 548 g/mol. The van der Waals surface area contributed by atoms with E-state index in [1.165, 1.54) is 50.6 Å². The molecule has 0 saturated heterocycles. The number of rotatable bonds is 7. The number of amides is 2. The van der Waals surface area contributed by atoms with Crippen LogP contribution < -0.4 is 5.43 Å². The third-order valence-corrected chi connectivity index (χ3v) is 11.7. The Morgan fingerprint density at radius 3 is 2.31 bits per heavy atom. The first-order valence-corrected chi connectivity index (χ1v) is 15.5. The highest BCUT2D eigenvalue weighted by molar-refractivity contribution is 5.74. The van der Waals surface area contributed by atoms with Crippen LogP contribution in [0.4, 0.5) is 9.59 Å². The van der Waals surface area contributed by atoms with Crippen LogP contribution in [0.1, 0.15) is 105 Å². The van der Waals surface area contributed by atoms with Crippen LogP contribution in [0.5, 0.6) is 0 Å². The van der Waals surface area contributed by atoms with E-state index in [1.807, 2.05) is 0 Å². The van der Waals surface area contributed by atoms with Crippen LogP contribution in [0, 0.1) is 46.3 Å². The topological polar surface area (TPSA) is 94.2 Å². The Hall–Kier alpha value is -1.99. The number of methoxy groups -OCH3 is 1. The average Bonchev–Trinajstić information content (AvgIpc) is 3.27. The Kier molecular flexibility index (Phi) is 9.42. The third-order valence-electron chi connectivity index (χ3n) is 11.7. The Balaban J connectivity index is 1.44. The molecule has 0 bridgehead atoms. The fourth-order valence-electron chi connectivity index (χ4n) is 9.83. The van der Waals surface area contributed by atoms with Gasteiger partial charge in [0.25, 0.3) is 0 Å². The number of hydrazine groups is 1. The number of ether oxygens (including phenoxy) is 3. The summed E-state index contributed by atoms with van der Waals surface area (Å²) in [6.45, 7) is 11.5. The number of hydrogen-bond donors (Lipinski definition) is 1. The fraction of sp³-hybridized carbons (Fsp3) is 0.903. The lowest BCUT2D eigenvalue weighted by molar-refractivity contribution is -0.141. The van der Waals surface area contributed by atoms with Gasteiger partial charge in [0.05, 0.1) is 26.4 Å². The summed E-state index contributed by atoms with van der Waals surface area (Å²) in [5.74, 6) is 3.90. The van der Waals surface area contributed by atoms with E-state index in [2.05, 4.69) is 26.2 Å². The normalized spacial score (nSPS) is 37.9. The van der Waals surface area contributed by atoms with Crippen LogP contribution in [0.25, 0.3) is 0 Å². The molecule has 0 aliphatic heterocycles. The second-order valence-electron chi connectivity index (χ2n) is 13.3. The Morgan fingerprint density at radius 2 is 1.62 bits per heavy atom. The van der Waals surface area contributed by atoms with Crippen molar-refractivity contribution in [2.45, 2.75) is 111 Å². The number of nitrogens with one attached hydrogen (secondary N) is 1. The van der Waals surface area contributed by atoms with Gasteiger partial charge in [0.15, 0.2) is 0 Å². The molecule has 2 amide bonds. The quantitative estimate of drug-likeness (QED) is 0.216. The number of fused-ring (bicyclic) bond motifs is 5. The molecule has 4 aliphatic rings. The zero-order valence-corrected chi connectivity index (χ0v) is 25.1. The van der Waals surface area contributed by atoms with E-state index in [0.717, 1.165) is 37.5 Å².